The highest BCUT2D eigenvalue weighted by Crippen LogP contribution is 2.10. The van der Waals surface area contributed by atoms with Crippen molar-refractivity contribution in [3.63, 3.8) is 0 Å². The number of rotatable bonds is 6. The molecule has 0 spiro atoms. The van der Waals surface area contributed by atoms with Crippen molar-refractivity contribution < 1.29 is 14.0 Å². The minimum Gasteiger partial charge on any atom is -0.352 e. The average Bonchev–Trinajstić information content (AvgIpc) is 2.54. The lowest BCUT2D eigenvalue weighted by molar-refractivity contribution is 0.0951. The van der Waals surface area contributed by atoms with Crippen molar-refractivity contribution >= 4 is 23.4 Å². The fraction of sp³-hybridized carbons (Fsp3) is 0.176. The molecular formula is C17H16ClFN2O2. The SMILES string of the molecule is O=C(NCCCNC(=O)c1cccc(Cl)c1)c1cccc(F)c1. The molecule has 0 atom stereocenters. The van der Waals surface area contributed by atoms with E-state index in [1.807, 2.05) is 0 Å². The standard InChI is InChI=1S/C17H16ClFN2O2/c18-14-6-1-4-12(10-14)16(22)20-8-3-9-21-17(23)13-5-2-7-15(19)11-13/h1-2,4-7,10-11H,3,8-9H2,(H,20,22)(H,21,23). The molecule has 0 aliphatic carbocycles. The zero-order valence-corrected chi connectivity index (χ0v) is 13.1. The Hall–Kier alpha value is -2.40. The van der Waals surface area contributed by atoms with E-state index in [1.54, 1.807) is 30.3 Å². The normalized spacial score (nSPS) is 10.2. The molecule has 4 nitrogen and oxygen atoms in total. The molecule has 0 saturated carbocycles. The molecular weight excluding hydrogens is 319 g/mol. The minimum absolute atomic E-state index is 0.219. The molecule has 0 radical (unpaired) electrons. The Labute approximate surface area is 138 Å². The fourth-order valence-corrected chi connectivity index (χ4v) is 2.15. The summed E-state index contributed by atoms with van der Waals surface area (Å²) in [6.07, 6.45) is 0.563. The monoisotopic (exact) mass is 334 g/mol. The molecule has 0 unspecified atom stereocenters. The Morgan fingerprint density at radius 2 is 1.48 bits per heavy atom. The molecule has 2 amide bonds. The van der Waals surface area contributed by atoms with Gasteiger partial charge < -0.3 is 10.6 Å². The molecule has 23 heavy (non-hydrogen) atoms. The highest BCUT2D eigenvalue weighted by Gasteiger charge is 2.07. The molecule has 0 bridgehead atoms. The van der Waals surface area contributed by atoms with Crippen LogP contribution in [0.25, 0.3) is 0 Å². The van der Waals surface area contributed by atoms with Gasteiger partial charge in [-0.2, -0.15) is 0 Å². The second-order valence-electron chi connectivity index (χ2n) is 4.89. The molecule has 2 aromatic rings. The first-order valence-electron chi connectivity index (χ1n) is 7.14. The summed E-state index contributed by atoms with van der Waals surface area (Å²) < 4.78 is 13.0. The lowest BCUT2D eigenvalue weighted by Gasteiger charge is -2.07. The smallest absolute Gasteiger partial charge is 0.251 e. The Bertz CT molecular complexity index is 647. The van der Waals surface area contributed by atoms with E-state index >= 15 is 0 Å². The van der Waals surface area contributed by atoms with E-state index in [9.17, 15) is 14.0 Å². The minimum atomic E-state index is -0.452. The van der Waals surface area contributed by atoms with E-state index in [-0.39, 0.29) is 17.4 Å². The van der Waals surface area contributed by atoms with Crippen LogP contribution in [-0.4, -0.2) is 24.9 Å². The molecule has 0 aliphatic rings. The first-order valence-corrected chi connectivity index (χ1v) is 7.51. The molecule has 6 heteroatoms. The van der Waals surface area contributed by atoms with Gasteiger partial charge in [-0.05, 0) is 42.8 Å². The maximum Gasteiger partial charge on any atom is 0.251 e. The van der Waals surface area contributed by atoms with Crippen LogP contribution in [0.4, 0.5) is 4.39 Å². The first kappa shape index (κ1) is 17.0. The van der Waals surface area contributed by atoms with Crippen LogP contribution in [0.15, 0.2) is 48.5 Å². The molecule has 0 heterocycles. The summed E-state index contributed by atoms with van der Waals surface area (Å²) in [5.41, 5.74) is 0.759. The average molecular weight is 335 g/mol. The van der Waals surface area contributed by atoms with E-state index < -0.39 is 5.82 Å². The van der Waals surface area contributed by atoms with E-state index in [4.69, 9.17) is 11.6 Å². The molecule has 0 fully saturated rings. The molecule has 2 aromatic carbocycles. The van der Waals surface area contributed by atoms with Gasteiger partial charge in [-0.3, -0.25) is 9.59 Å². The first-order chi connectivity index (χ1) is 11.1. The number of hydrogen-bond donors (Lipinski definition) is 2. The predicted octanol–water partition coefficient (Wildman–Crippen LogP) is 3.03. The Balaban J connectivity index is 1.69. The zero-order valence-electron chi connectivity index (χ0n) is 12.3. The van der Waals surface area contributed by atoms with Crippen molar-refractivity contribution in [1.29, 1.82) is 0 Å². The molecule has 120 valence electrons. The molecule has 2 rings (SSSR count). The van der Waals surface area contributed by atoms with Gasteiger partial charge in [0, 0.05) is 29.2 Å². The number of hydrogen-bond acceptors (Lipinski definition) is 2. The number of carbonyl (C=O) groups is 2. The van der Waals surface area contributed by atoms with Crippen LogP contribution in [-0.2, 0) is 0 Å². The topological polar surface area (TPSA) is 58.2 Å². The summed E-state index contributed by atoms with van der Waals surface area (Å²) in [5.74, 6) is -1.01. The highest BCUT2D eigenvalue weighted by molar-refractivity contribution is 6.30. The second kappa shape index (κ2) is 8.29. The summed E-state index contributed by atoms with van der Waals surface area (Å²) >= 11 is 5.82. The van der Waals surface area contributed by atoms with Gasteiger partial charge in [0.1, 0.15) is 5.82 Å². The summed E-state index contributed by atoms with van der Waals surface area (Å²) in [5, 5.41) is 5.91. The molecule has 0 aromatic heterocycles. The molecule has 0 saturated heterocycles. The third kappa shape index (κ3) is 5.38. The highest BCUT2D eigenvalue weighted by atomic mass is 35.5. The van der Waals surface area contributed by atoms with Crippen LogP contribution in [0.5, 0.6) is 0 Å². The lowest BCUT2D eigenvalue weighted by Crippen LogP contribution is -2.29. The van der Waals surface area contributed by atoms with Gasteiger partial charge in [-0.15, -0.1) is 0 Å². The van der Waals surface area contributed by atoms with E-state index in [0.717, 1.165) is 0 Å². The summed E-state index contributed by atoms with van der Waals surface area (Å²) in [7, 11) is 0. The molecule has 0 aliphatic heterocycles. The largest absolute Gasteiger partial charge is 0.352 e. The third-order valence-electron chi connectivity index (χ3n) is 3.10. The zero-order chi connectivity index (χ0) is 16.7. The maximum atomic E-state index is 13.0. The fourth-order valence-electron chi connectivity index (χ4n) is 1.96. The van der Waals surface area contributed by atoms with Crippen molar-refractivity contribution in [2.45, 2.75) is 6.42 Å². The van der Waals surface area contributed by atoms with Gasteiger partial charge >= 0.3 is 0 Å². The van der Waals surface area contributed by atoms with E-state index in [2.05, 4.69) is 10.6 Å². The van der Waals surface area contributed by atoms with Gasteiger partial charge in [0.15, 0.2) is 0 Å². The number of nitrogens with one attached hydrogen (secondary N) is 2. The van der Waals surface area contributed by atoms with Gasteiger partial charge in [0.2, 0.25) is 0 Å². The van der Waals surface area contributed by atoms with Crippen LogP contribution in [0.3, 0.4) is 0 Å². The van der Waals surface area contributed by atoms with Crippen LogP contribution >= 0.6 is 11.6 Å². The third-order valence-corrected chi connectivity index (χ3v) is 3.33. The number of amides is 2. The Morgan fingerprint density at radius 3 is 2.04 bits per heavy atom. The van der Waals surface area contributed by atoms with Crippen molar-refractivity contribution in [3.8, 4) is 0 Å². The summed E-state index contributed by atoms with van der Waals surface area (Å²) in [6.45, 7) is 0.792. The van der Waals surface area contributed by atoms with Gasteiger partial charge in [-0.1, -0.05) is 23.7 Å². The van der Waals surface area contributed by atoms with Crippen molar-refractivity contribution in [1.82, 2.24) is 10.6 Å². The Kier molecular flexibility index (Phi) is 6.11. The summed E-state index contributed by atoms with van der Waals surface area (Å²) in [6, 6.07) is 12.1. The van der Waals surface area contributed by atoms with Crippen molar-refractivity contribution in [2.75, 3.05) is 13.1 Å². The van der Waals surface area contributed by atoms with Gasteiger partial charge in [-0.25, -0.2) is 4.39 Å². The van der Waals surface area contributed by atoms with E-state index in [0.29, 0.717) is 30.1 Å². The van der Waals surface area contributed by atoms with Crippen LogP contribution in [0.1, 0.15) is 27.1 Å². The second-order valence-corrected chi connectivity index (χ2v) is 5.32. The van der Waals surface area contributed by atoms with Crippen molar-refractivity contribution in [2.24, 2.45) is 0 Å². The van der Waals surface area contributed by atoms with Crippen LogP contribution in [0, 0.1) is 5.82 Å². The van der Waals surface area contributed by atoms with Gasteiger partial charge in [0.05, 0.1) is 0 Å². The number of halogens is 2. The lowest BCUT2D eigenvalue weighted by atomic mass is 10.2. The maximum absolute atomic E-state index is 13.0. The van der Waals surface area contributed by atoms with Crippen molar-refractivity contribution in [3.05, 3.63) is 70.5 Å². The predicted molar refractivity (Wildman–Crippen MR) is 87.1 cm³/mol. The number of carbonyl (C=O) groups excluding carboxylic acids is 2. The summed E-state index contributed by atoms with van der Waals surface area (Å²) in [4.78, 5) is 23.6. The van der Waals surface area contributed by atoms with Crippen LogP contribution < -0.4 is 10.6 Å². The Morgan fingerprint density at radius 1 is 0.913 bits per heavy atom. The quantitative estimate of drug-likeness (QED) is 0.798. The van der Waals surface area contributed by atoms with Crippen LogP contribution in [0.2, 0.25) is 5.02 Å². The van der Waals surface area contributed by atoms with Gasteiger partial charge in [0.25, 0.3) is 11.8 Å². The molecule has 2 N–H and O–H groups in total. The van der Waals surface area contributed by atoms with E-state index in [1.165, 1.54) is 18.2 Å². The number of benzene rings is 2.